The molecule has 6 heteroatoms. The van der Waals surface area contributed by atoms with Crippen molar-refractivity contribution in [2.45, 2.75) is 18.8 Å². The fraction of sp³-hybridized carbons (Fsp3) is 0.208. The summed E-state index contributed by atoms with van der Waals surface area (Å²) in [5.74, 6) is -0.565. The number of rotatable bonds is 5. The number of anilines is 1. The Labute approximate surface area is 188 Å². The first kappa shape index (κ1) is 24.9. The average molecular weight is 445 g/mol. The monoisotopic (exact) mass is 445 g/mol. The Morgan fingerprint density at radius 1 is 1.13 bits per heavy atom. The van der Waals surface area contributed by atoms with E-state index in [2.05, 4.69) is 84.4 Å². The molecule has 2 aromatic rings. The van der Waals surface area contributed by atoms with Crippen molar-refractivity contribution in [3.8, 4) is 0 Å². The molecule has 3 N–H and O–H groups in total. The van der Waals surface area contributed by atoms with Crippen LogP contribution in [0.25, 0.3) is 4.85 Å². The molecule has 1 radical (unpaired) electrons. The number of hydrogen-bond donors (Lipinski definition) is 3. The van der Waals surface area contributed by atoms with E-state index in [-0.39, 0.29) is 28.7 Å². The summed E-state index contributed by atoms with van der Waals surface area (Å²) >= 11 is 0. The second-order valence-electron chi connectivity index (χ2n) is 6.94. The average Bonchev–Trinajstić information content (AvgIpc) is 2.91. The Morgan fingerprint density at radius 2 is 1.77 bits per heavy atom. The number of nitrogens with zero attached hydrogens (tertiary/aromatic N) is 2. The zero-order valence-corrected chi connectivity index (χ0v) is 18.1. The SMILES string of the molecule is CN1/C(=C\C=C\C=N)C(C)(Cc2ccccc2)c2ccccc21.[C-]#[N+]CC(=N)O.[Co]. The van der Waals surface area contributed by atoms with E-state index in [1.165, 1.54) is 28.7 Å². The predicted molar refractivity (Wildman–Crippen MR) is 120 cm³/mol. The van der Waals surface area contributed by atoms with Gasteiger partial charge in [0.1, 0.15) is 0 Å². The summed E-state index contributed by atoms with van der Waals surface area (Å²) in [5.41, 5.74) is 5.16. The Kier molecular flexibility index (Phi) is 9.76. The Balaban J connectivity index is 0.000000567. The van der Waals surface area contributed by atoms with Crippen molar-refractivity contribution in [3.63, 3.8) is 0 Å². The molecule has 30 heavy (non-hydrogen) atoms. The fourth-order valence-electron chi connectivity index (χ4n) is 3.63. The van der Waals surface area contributed by atoms with Gasteiger partial charge in [-0.15, -0.1) is 0 Å². The first-order valence-corrected chi connectivity index (χ1v) is 9.28. The van der Waals surface area contributed by atoms with Crippen LogP contribution < -0.4 is 4.90 Å². The summed E-state index contributed by atoms with van der Waals surface area (Å²) in [6, 6.07) is 19.3. The van der Waals surface area contributed by atoms with Crippen LogP contribution in [-0.4, -0.2) is 30.8 Å². The molecule has 1 heterocycles. The van der Waals surface area contributed by atoms with Crippen molar-refractivity contribution in [2.75, 3.05) is 18.5 Å². The van der Waals surface area contributed by atoms with E-state index in [1.54, 1.807) is 6.08 Å². The van der Waals surface area contributed by atoms with Gasteiger partial charge in [0.25, 0.3) is 12.4 Å². The molecule has 1 unspecified atom stereocenters. The number of aliphatic hydroxyl groups is 1. The quantitative estimate of drug-likeness (QED) is 0.338. The number of allylic oxidation sites excluding steroid dienone is 4. The molecule has 0 aromatic heterocycles. The van der Waals surface area contributed by atoms with Crippen LogP contribution in [0.2, 0.25) is 0 Å². The Bertz CT molecular complexity index is 963. The Morgan fingerprint density at radius 3 is 2.33 bits per heavy atom. The predicted octanol–water partition coefficient (Wildman–Crippen LogP) is 5.16. The number of para-hydroxylation sites is 1. The van der Waals surface area contributed by atoms with Crippen molar-refractivity contribution < 1.29 is 21.9 Å². The molecule has 0 saturated heterocycles. The maximum Gasteiger partial charge on any atom is 0.288 e. The van der Waals surface area contributed by atoms with Crippen molar-refractivity contribution in [1.82, 2.24) is 0 Å². The van der Waals surface area contributed by atoms with E-state index in [4.69, 9.17) is 22.5 Å². The number of likely N-dealkylation sites (N-methyl/N-ethyl adjacent to an activating group) is 1. The van der Waals surface area contributed by atoms with E-state index in [0.29, 0.717) is 0 Å². The van der Waals surface area contributed by atoms with E-state index >= 15 is 0 Å². The zero-order valence-electron chi connectivity index (χ0n) is 17.1. The number of fused-ring (bicyclic) bond motifs is 1. The first-order chi connectivity index (χ1) is 13.9. The van der Waals surface area contributed by atoms with E-state index < -0.39 is 5.90 Å². The fourth-order valence-corrected chi connectivity index (χ4v) is 3.63. The van der Waals surface area contributed by atoms with Crippen LogP contribution in [0.3, 0.4) is 0 Å². The topological polar surface area (TPSA) is 75.5 Å². The van der Waals surface area contributed by atoms with Gasteiger partial charge in [0.2, 0.25) is 0 Å². The third kappa shape index (κ3) is 5.93. The summed E-state index contributed by atoms with van der Waals surface area (Å²) in [6.45, 7) is 8.17. The van der Waals surface area contributed by atoms with Crippen LogP contribution in [0.4, 0.5) is 5.69 Å². The van der Waals surface area contributed by atoms with Gasteiger partial charge in [0.05, 0.1) is 0 Å². The Hall–Kier alpha value is -3.14. The normalized spacial score (nSPS) is 18.0. The van der Waals surface area contributed by atoms with Crippen LogP contribution in [0.5, 0.6) is 0 Å². The minimum absolute atomic E-state index is 0. The maximum atomic E-state index is 7.92. The molecule has 0 saturated carbocycles. The zero-order chi connectivity index (χ0) is 21.3. The van der Waals surface area contributed by atoms with Gasteiger partial charge < -0.3 is 20.3 Å². The van der Waals surface area contributed by atoms with Gasteiger partial charge in [0, 0.05) is 46.8 Å². The van der Waals surface area contributed by atoms with Gasteiger partial charge in [-0.3, -0.25) is 5.41 Å². The van der Waals surface area contributed by atoms with Gasteiger partial charge in [-0.1, -0.05) is 54.6 Å². The van der Waals surface area contributed by atoms with Gasteiger partial charge in [-0.2, -0.15) is 0 Å². The maximum absolute atomic E-state index is 7.92. The number of aliphatic hydroxyl groups excluding tert-OH is 1. The van der Waals surface area contributed by atoms with Gasteiger partial charge in [0.15, 0.2) is 0 Å². The molecule has 1 aliphatic rings. The second kappa shape index (κ2) is 11.8. The summed E-state index contributed by atoms with van der Waals surface area (Å²) in [7, 11) is 2.12. The molecule has 1 atom stereocenters. The molecule has 0 bridgehead atoms. The van der Waals surface area contributed by atoms with Crippen LogP contribution >= 0.6 is 0 Å². The van der Waals surface area contributed by atoms with Crippen LogP contribution in [-0.2, 0) is 28.6 Å². The summed E-state index contributed by atoms with van der Waals surface area (Å²) < 4.78 is 0. The smallest absolute Gasteiger partial charge is 0.288 e. The van der Waals surface area contributed by atoms with Gasteiger partial charge >= 0.3 is 0 Å². The molecule has 2 aromatic carbocycles. The van der Waals surface area contributed by atoms with E-state index in [0.717, 1.165) is 6.42 Å². The largest absolute Gasteiger partial charge is 0.491 e. The first-order valence-electron chi connectivity index (χ1n) is 9.28. The third-order valence-electron chi connectivity index (χ3n) is 4.88. The standard InChI is InChI=1S/C21H22N2.C3H4N2O.Co/c1-21(16-17-10-4-3-5-11-17)18-12-6-7-13-19(18)23(2)20(21)14-8-9-15-22;1-5-2-3(4)6;/h3-15,22H,16H2,1-2H3;2H2,(H2,4,6);/b9-8+,20-14-,22-15?;;. The molecule has 0 amide bonds. The molecule has 157 valence electrons. The van der Waals surface area contributed by atoms with Crippen LogP contribution in [0.1, 0.15) is 18.1 Å². The molecular weight excluding hydrogens is 419 g/mol. The van der Waals surface area contributed by atoms with Crippen LogP contribution in [0, 0.1) is 17.4 Å². The molecular formula is C24H26CoN4O. The molecule has 0 spiro atoms. The molecule has 1 aliphatic heterocycles. The van der Waals surface area contributed by atoms with Crippen LogP contribution in [0.15, 0.2) is 78.5 Å². The number of nitrogens with one attached hydrogen (secondary N) is 2. The third-order valence-corrected chi connectivity index (χ3v) is 4.88. The second-order valence-corrected chi connectivity index (χ2v) is 6.94. The van der Waals surface area contributed by atoms with Crippen molar-refractivity contribution >= 4 is 17.8 Å². The van der Waals surface area contributed by atoms with Crippen molar-refractivity contribution in [3.05, 3.63) is 101 Å². The summed E-state index contributed by atoms with van der Waals surface area (Å²) in [4.78, 5) is 4.98. The van der Waals surface area contributed by atoms with Crippen molar-refractivity contribution in [2.24, 2.45) is 0 Å². The molecule has 0 aliphatic carbocycles. The summed E-state index contributed by atoms with van der Waals surface area (Å²) in [6.07, 6.45) is 8.11. The number of benzene rings is 2. The molecule has 3 rings (SSSR count). The van der Waals surface area contributed by atoms with Gasteiger partial charge in [-0.05, 0) is 42.7 Å². The molecule has 5 nitrogen and oxygen atoms in total. The van der Waals surface area contributed by atoms with E-state index in [9.17, 15) is 0 Å². The van der Waals surface area contributed by atoms with Crippen molar-refractivity contribution in [1.29, 1.82) is 10.8 Å². The van der Waals surface area contributed by atoms with E-state index in [1.807, 2.05) is 6.08 Å². The summed E-state index contributed by atoms with van der Waals surface area (Å²) in [5, 5.41) is 21.3. The number of hydrogen-bond acceptors (Lipinski definition) is 3. The minimum Gasteiger partial charge on any atom is -0.491 e. The van der Waals surface area contributed by atoms with Gasteiger partial charge in [-0.25, -0.2) is 6.57 Å². The minimum atomic E-state index is -0.565. The molecule has 0 fully saturated rings.